The summed E-state index contributed by atoms with van der Waals surface area (Å²) in [4.78, 5) is 38.0. The number of rotatable bonds is 9. The number of hydrogen-bond donors (Lipinski definition) is 4. The molecular formula is C28H30N2O6. The first-order valence-corrected chi connectivity index (χ1v) is 11.8. The molecule has 0 bridgehead atoms. The molecule has 1 aliphatic heterocycles. The third kappa shape index (κ3) is 4.62. The Bertz CT molecular complexity index is 1200. The first-order chi connectivity index (χ1) is 17.1. The molecule has 36 heavy (non-hydrogen) atoms. The van der Waals surface area contributed by atoms with Crippen molar-refractivity contribution in [2.24, 2.45) is 10.8 Å². The minimum atomic E-state index is -1.68. The highest BCUT2D eigenvalue weighted by molar-refractivity contribution is 5.89. The van der Waals surface area contributed by atoms with Gasteiger partial charge in [0.1, 0.15) is 0 Å². The summed E-state index contributed by atoms with van der Waals surface area (Å²) >= 11 is 0. The average molecular weight is 491 g/mol. The molecule has 1 fully saturated rings. The van der Waals surface area contributed by atoms with E-state index >= 15 is 0 Å². The SMILES string of the molecule is CC1NC(C)C(CCC#N)(C(=O)O)C(c2cccc(C(=O)O)c2)C1(CC=Cc1ccccc1)C(=O)O. The van der Waals surface area contributed by atoms with Crippen LogP contribution in [0.4, 0.5) is 0 Å². The fraction of sp³-hybridized carbons (Fsp3) is 0.357. The predicted octanol–water partition coefficient (Wildman–Crippen LogP) is 4.40. The van der Waals surface area contributed by atoms with Crippen LogP contribution in [0.2, 0.25) is 0 Å². The topological polar surface area (TPSA) is 148 Å². The molecule has 1 aliphatic rings. The van der Waals surface area contributed by atoms with Crippen LogP contribution in [-0.4, -0.2) is 45.3 Å². The second-order valence-electron chi connectivity index (χ2n) is 9.34. The second-order valence-corrected chi connectivity index (χ2v) is 9.34. The van der Waals surface area contributed by atoms with Crippen molar-refractivity contribution in [1.82, 2.24) is 5.32 Å². The van der Waals surface area contributed by atoms with Gasteiger partial charge in [0, 0.05) is 24.4 Å². The van der Waals surface area contributed by atoms with Crippen LogP contribution in [0.3, 0.4) is 0 Å². The van der Waals surface area contributed by atoms with E-state index in [0.29, 0.717) is 5.56 Å². The monoisotopic (exact) mass is 490 g/mol. The van der Waals surface area contributed by atoms with E-state index in [1.807, 2.05) is 36.4 Å². The fourth-order valence-corrected chi connectivity index (χ4v) is 5.76. The Kier molecular flexibility index (Phi) is 7.96. The third-order valence-corrected chi connectivity index (χ3v) is 7.55. The smallest absolute Gasteiger partial charge is 0.335 e. The lowest BCUT2D eigenvalue weighted by atomic mass is 9.49. The van der Waals surface area contributed by atoms with E-state index in [4.69, 9.17) is 0 Å². The van der Waals surface area contributed by atoms with Crippen LogP contribution in [0.25, 0.3) is 6.08 Å². The van der Waals surface area contributed by atoms with Crippen molar-refractivity contribution in [2.45, 2.75) is 51.1 Å². The molecule has 188 valence electrons. The third-order valence-electron chi connectivity index (χ3n) is 7.55. The van der Waals surface area contributed by atoms with Gasteiger partial charge >= 0.3 is 17.9 Å². The van der Waals surface area contributed by atoms with E-state index in [1.165, 1.54) is 18.2 Å². The molecule has 0 radical (unpaired) electrons. The van der Waals surface area contributed by atoms with Gasteiger partial charge in [-0.1, -0.05) is 54.6 Å². The summed E-state index contributed by atoms with van der Waals surface area (Å²) in [5.74, 6) is -4.75. The van der Waals surface area contributed by atoms with Crippen molar-refractivity contribution in [2.75, 3.05) is 0 Å². The number of allylic oxidation sites excluding steroid dienone is 1. The Morgan fingerprint density at radius 2 is 1.61 bits per heavy atom. The van der Waals surface area contributed by atoms with E-state index in [2.05, 4.69) is 5.32 Å². The summed E-state index contributed by atoms with van der Waals surface area (Å²) in [6.45, 7) is 3.40. The van der Waals surface area contributed by atoms with Gasteiger partial charge in [0.25, 0.3) is 0 Å². The molecule has 0 aromatic heterocycles. The summed E-state index contributed by atoms with van der Waals surface area (Å²) in [6.07, 6.45) is 3.30. The molecule has 0 saturated carbocycles. The molecule has 8 nitrogen and oxygen atoms in total. The average Bonchev–Trinajstić information content (AvgIpc) is 2.84. The summed E-state index contributed by atoms with van der Waals surface area (Å²) in [7, 11) is 0. The predicted molar refractivity (Wildman–Crippen MR) is 133 cm³/mol. The lowest BCUT2D eigenvalue weighted by molar-refractivity contribution is -0.172. The normalized spacial score (nSPS) is 27.9. The van der Waals surface area contributed by atoms with Gasteiger partial charge in [0.15, 0.2) is 0 Å². The second kappa shape index (κ2) is 10.8. The molecule has 0 amide bonds. The molecule has 2 aromatic carbocycles. The van der Waals surface area contributed by atoms with Gasteiger partial charge in [-0.2, -0.15) is 5.26 Å². The number of nitrogens with one attached hydrogen (secondary N) is 1. The maximum atomic E-state index is 13.2. The maximum absolute atomic E-state index is 13.2. The van der Waals surface area contributed by atoms with E-state index in [0.717, 1.165) is 5.56 Å². The zero-order valence-corrected chi connectivity index (χ0v) is 20.2. The van der Waals surface area contributed by atoms with E-state index in [1.54, 1.807) is 32.1 Å². The molecule has 2 aromatic rings. The number of hydrogen-bond acceptors (Lipinski definition) is 5. The number of nitriles is 1. The van der Waals surface area contributed by atoms with E-state index in [-0.39, 0.29) is 24.8 Å². The minimum absolute atomic E-state index is 0.0122. The van der Waals surface area contributed by atoms with Crippen molar-refractivity contribution in [3.8, 4) is 6.07 Å². The van der Waals surface area contributed by atoms with Crippen molar-refractivity contribution < 1.29 is 29.7 Å². The first-order valence-electron chi connectivity index (χ1n) is 11.8. The van der Waals surface area contributed by atoms with Gasteiger partial charge in [-0.05, 0) is 49.9 Å². The van der Waals surface area contributed by atoms with Crippen molar-refractivity contribution in [1.29, 1.82) is 5.26 Å². The largest absolute Gasteiger partial charge is 0.481 e. The van der Waals surface area contributed by atoms with E-state index in [9.17, 15) is 35.0 Å². The lowest BCUT2D eigenvalue weighted by Gasteiger charge is -2.57. The van der Waals surface area contributed by atoms with Crippen molar-refractivity contribution >= 4 is 24.0 Å². The van der Waals surface area contributed by atoms with Crippen LogP contribution in [0.1, 0.15) is 60.5 Å². The van der Waals surface area contributed by atoms with Crippen LogP contribution < -0.4 is 5.32 Å². The molecule has 1 saturated heterocycles. The summed E-state index contributed by atoms with van der Waals surface area (Å²) < 4.78 is 0. The Hall–Kier alpha value is -3.96. The number of carbonyl (C=O) groups is 3. The van der Waals surface area contributed by atoms with Gasteiger partial charge in [-0.25, -0.2) is 4.79 Å². The quantitative estimate of drug-likeness (QED) is 0.404. The minimum Gasteiger partial charge on any atom is -0.481 e. The van der Waals surface area contributed by atoms with Gasteiger partial charge in [-0.3, -0.25) is 9.59 Å². The number of aliphatic carboxylic acids is 2. The number of carboxylic acid groups (broad SMARTS) is 3. The maximum Gasteiger partial charge on any atom is 0.335 e. The van der Waals surface area contributed by atoms with Gasteiger partial charge in [0.05, 0.1) is 22.5 Å². The van der Waals surface area contributed by atoms with E-state index < -0.39 is 46.7 Å². The molecule has 1 heterocycles. The fourth-order valence-electron chi connectivity index (χ4n) is 5.76. The first kappa shape index (κ1) is 26.6. The van der Waals surface area contributed by atoms with Crippen LogP contribution in [0, 0.1) is 22.2 Å². The van der Waals surface area contributed by atoms with Crippen LogP contribution >= 0.6 is 0 Å². The van der Waals surface area contributed by atoms with Gasteiger partial charge in [-0.15, -0.1) is 0 Å². The van der Waals surface area contributed by atoms with Crippen molar-refractivity contribution in [3.05, 3.63) is 77.4 Å². The molecule has 8 heteroatoms. The number of piperidine rings is 1. The Morgan fingerprint density at radius 3 is 2.19 bits per heavy atom. The molecule has 4 N–H and O–H groups in total. The number of carboxylic acids is 3. The molecule has 5 atom stereocenters. The summed E-state index contributed by atoms with van der Waals surface area (Å²) in [5, 5.41) is 43.5. The summed E-state index contributed by atoms with van der Waals surface area (Å²) in [5.41, 5.74) is -2.22. The van der Waals surface area contributed by atoms with Crippen LogP contribution in [0.5, 0.6) is 0 Å². The molecular weight excluding hydrogens is 460 g/mol. The molecule has 0 spiro atoms. The lowest BCUT2D eigenvalue weighted by Crippen LogP contribution is -2.69. The number of aromatic carboxylic acids is 1. The Morgan fingerprint density at radius 1 is 0.972 bits per heavy atom. The highest BCUT2D eigenvalue weighted by Crippen LogP contribution is 2.59. The molecule has 3 rings (SSSR count). The number of benzene rings is 2. The highest BCUT2D eigenvalue weighted by Gasteiger charge is 2.66. The van der Waals surface area contributed by atoms with Gasteiger partial charge in [0.2, 0.25) is 0 Å². The zero-order valence-electron chi connectivity index (χ0n) is 20.2. The molecule has 0 aliphatic carbocycles. The highest BCUT2D eigenvalue weighted by atomic mass is 16.4. The zero-order chi connectivity index (χ0) is 26.5. The number of nitrogens with zero attached hydrogens (tertiary/aromatic N) is 1. The van der Waals surface area contributed by atoms with Crippen LogP contribution in [-0.2, 0) is 9.59 Å². The van der Waals surface area contributed by atoms with Crippen molar-refractivity contribution in [3.63, 3.8) is 0 Å². The van der Waals surface area contributed by atoms with Gasteiger partial charge < -0.3 is 20.6 Å². The Balaban J connectivity index is 2.30. The Labute approximate surface area is 209 Å². The molecule has 5 unspecified atom stereocenters. The summed E-state index contributed by atoms with van der Waals surface area (Å²) in [6, 6.07) is 15.8. The van der Waals surface area contributed by atoms with Crippen LogP contribution in [0.15, 0.2) is 60.7 Å². The standard InChI is InChI=1S/C28H30N2O6/c1-18-27(25(33)34,14-7-11-20-9-4-3-5-10-20)23(21-12-6-13-22(17-21)24(31)32)28(26(35)36,15-8-16-29)19(2)30-18/h3-7,9-13,17-19,23,30H,8,14-15H2,1-2H3,(H,31,32)(H,33,34)(H,35,36).